The first kappa shape index (κ1) is 19.8. The second-order valence-electron chi connectivity index (χ2n) is 6.95. The zero-order valence-corrected chi connectivity index (χ0v) is 18.3. The van der Waals surface area contributed by atoms with Crippen LogP contribution in [0.4, 0.5) is 0 Å². The zero-order chi connectivity index (χ0) is 20.8. The van der Waals surface area contributed by atoms with Crippen molar-refractivity contribution in [3.8, 4) is 11.3 Å². The summed E-state index contributed by atoms with van der Waals surface area (Å²) in [5.41, 5.74) is 2.82. The van der Waals surface area contributed by atoms with Crippen molar-refractivity contribution in [2.75, 3.05) is 20.4 Å². The van der Waals surface area contributed by atoms with Crippen LogP contribution >= 0.6 is 11.8 Å². The minimum absolute atomic E-state index is 0.277. The van der Waals surface area contributed by atoms with Gasteiger partial charge in [-0.05, 0) is 24.8 Å². The average molecular weight is 428 g/mol. The lowest BCUT2D eigenvalue weighted by molar-refractivity contribution is 0.520. The Morgan fingerprint density at radius 3 is 2.48 bits per heavy atom. The fraction of sp³-hybridized carbons (Fsp3) is 0.250. The molecule has 0 amide bonds. The van der Waals surface area contributed by atoms with Gasteiger partial charge in [0.25, 0.3) is 0 Å². The van der Waals surface area contributed by atoms with E-state index < -0.39 is 10.0 Å². The van der Waals surface area contributed by atoms with Crippen molar-refractivity contribution >= 4 is 38.2 Å². The van der Waals surface area contributed by atoms with Gasteiger partial charge >= 0.3 is 0 Å². The van der Waals surface area contributed by atoms with Crippen LogP contribution in [0.2, 0.25) is 0 Å². The molecule has 2 aromatic carbocycles. The SMILES string of the molecule is CSCc1nnc2c3ccccc3c(-c3ccc(C)c(S(=O)(=O)N(C)C)c3)nn12. The molecule has 9 heteroatoms. The highest BCUT2D eigenvalue weighted by molar-refractivity contribution is 7.97. The monoisotopic (exact) mass is 427 g/mol. The van der Waals surface area contributed by atoms with Crippen LogP contribution in [0.1, 0.15) is 11.4 Å². The van der Waals surface area contributed by atoms with Gasteiger partial charge in [0.05, 0.1) is 16.3 Å². The van der Waals surface area contributed by atoms with E-state index in [9.17, 15) is 8.42 Å². The van der Waals surface area contributed by atoms with Crippen molar-refractivity contribution in [2.24, 2.45) is 0 Å². The Kier molecular flexibility index (Phi) is 5.05. The molecule has 150 valence electrons. The minimum atomic E-state index is -3.57. The summed E-state index contributed by atoms with van der Waals surface area (Å²) in [7, 11) is -0.500. The number of hydrogen-bond acceptors (Lipinski definition) is 6. The molecule has 0 unspecified atom stereocenters. The predicted octanol–water partition coefficient (Wildman–Crippen LogP) is 3.37. The lowest BCUT2D eigenvalue weighted by Gasteiger charge is -2.15. The summed E-state index contributed by atoms with van der Waals surface area (Å²) >= 11 is 1.64. The van der Waals surface area contributed by atoms with Crippen molar-refractivity contribution in [3.63, 3.8) is 0 Å². The van der Waals surface area contributed by atoms with Crippen LogP contribution in [0.25, 0.3) is 27.7 Å². The first-order valence-corrected chi connectivity index (χ1v) is 11.8. The molecular formula is C20H21N5O2S2. The third-order valence-electron chi connectivity index (χ3n) is 4.82. The van der Waals surface area contributed by atoms with Crippen LogP contribution in [-0.2, 0) is 15.8 Å². The van der Waals surface area contributed by atoms with Gasteiger partial charge in [0, 0.05) is 30.4 Å². The molecule has 0 N–H and O–H groups in total. The standard InChI is InChI=1S/C20H21N5O2S2/c1-13-9-10-14(11-17(13)29(26,27)24(2)3)19-15-7-5-6-8-16(15)20-22-21-18(12-28-4)25(20)23-19/h5-11H,12H2,1-4H3. The third-order valence-corrected chi connectivity index (χ3v) is 7.33. The van der Waals surface area contributed by atoms with E-state index in [4.69, 9.17) is 5.10 Å². The van der Waals surface area contributed by atoms with Crippen LogP contribution in [0, 0.1) is 6.92 Å². The van der Waals surface area contributed by atoms with Gasteiger partial charge in [0.2, 0.25) is 10.0 Å². The molecule has 4 rings (SSSR count). The number of rotatable bonds is 5. The largest absolute Gasteiger partial charge is 0.242 e. The van der Waals surface area contributed by atoms with Gasteiger partial charge in [-0.15, -0.1) is 10.2 Å². The summed E-state index contributed by atoms with van der Waals surface area (Å²) in [6.45, 7) is 1.80. The van der Waals surface area contributed by atoms with Crippen molar-refractivity contribution in [1.29, 1.82) is 0 Å². The molecule has 0 fully saturated rings. The number of nitrogens with zero attached hydrogens (tertiary/aromatic N) is 5. The normalized spacial score (nSPS) is 12.3. The van der Waals surface area contributed by atoms with Crippen molar-refractivity contribution < 1.29 is 8.42 Å². The van der Waals surface area contributed by atoms with Crippen molar-refractivity contribution in [3.05, 3.63) is 53.9 Å². The summed E-state index contributed by atoms with van der Waals surface area (Å²) in [6.07, 6.45) is 2.00. The van der Waals surface area contributed by atoms with Crippen LogP contribution in [0.5, 0.6) is 0 Å². The van der Waals surface area contributed by atoms with Gasteiger partial charge in [0.1, 0.15) is 0 Å². The van der Waals surface area contributed by atoms with E-state index in [1.807, 2.05) is 42.7 Å². The fourth-order valence-electron chi connectivity index (χ4n) is 3.28. The molecule has 2 aromatic heterocycles. The summed E-state index contributed by atoms with van der Waals surface area (Å²) < 4.78 is 28.6. The first-order chi connectivity index (χ1) is 13.8. The maximum absolute atomic E-state index is 12.8. The lowest BCUT2D eigenvalue weighted by atomic mass is 10.0. The van der Waals surface area contributed by atoms with Gasteiger partial charge in [-0.2, -0.15) is 21.4 Å². The number of aryl methyl sites for hydroxylation is 1. The average Bonchev–Trinajstić information content (AvgIpc) is 3.11. The first-order valence-electron chi connectivity index (χ1n) is 9.00. The van der Waals surface area contributed by atoms with E-state index in [0.717, 1.165) is 22.2 Å². The number of benzene rings is 2. The maximum atomic E-state index is 12.8. The van der Waals surface area contributed by atoms with Gasteiger partial charge in [-0.25, -0.2) is 12.7 Å². The fourth-order valence-corrected chi connectivity index (χ4v) is 4.86. The molecule has 0 aliphatic rings. The molecule has 0 bridgehead atoms. The second-order valence-corrected chi connectivity index (χ2v) is 9.93. The zero-order valence-electron chi connectivity index (χ0n) is 16.6. The van der Waals surface area contributed by atoms with Crippen molar-refractivity contribution in [2.45, 2.75) is 17.6 Å². The van der Waals surface area contributed by atoms with E-state index in [0.29, 0.717) is 22.7 Å². The summed E-state index contributed by atoms with van der Waals surface area (Å²) in [5, 5.41) is 15.3. The molecule has 0 radical (unpaired) electrons. The van der Waals surface area contributed by atoms with Gasteiger partial charge in [0.15, 0.2) is 11.5 Å². The quantitative estimate of drug-likeness (QED) is 0.486. The van der Waals surface area contributed by atoms with Gasteiger partial charge < -0.3 is 0 Å². The van der Waals surface area contributed by atoms with E-state index >= 15 is 0 Å². The molecule has 0 saturated carbocycles. The summed E-state index contributed by atoms with van der Waals surface area (Å²) in [4.78, 5) is 0.277. The topological polar surface area (TPSA) is 80.5 Å². The number of fused-ring (bicyclic) bond motifs is 3. The van der Waals surface area contributed by atoms with Gasteiger partial charge in [-0.1, -0.05) is 36.4 Å². The lowest BCUT2D eigenvalue weighted by Crippen LogP contribution is -2.23. The highest BCUT2D eigenvalue weighted by atomic mass is 32.2. The Morgan fingerprint density at radius 1 is 1.07 bits per heavy atom. The Bertz CT molecular complexity index is 1330. The summed E-state index contributed by atoms with van der Waals surface area (Å²) in [6, 6.07) is 13.3. The molecule has 7 nitrogen and oxygen atoms in total. The maximum Gasteiger partial charge on any atom is 0.242 e. The minimum Gasteiger partial charge on any atom is -0.207 e. The van der Waals surface area contributed by atoms with Crippen LogP contribution in [0.3, 0.4) is 0 Å². The number of hydrogen-bond donors (Lipinski definition) is 0. The van der Waals surface area contributed by atoms with E-state index in [1.54, 1.807) is 29.3 Å². The molecule has 0 saturated heterocycles. The second kappa shape index (κ2) is 7.40. The molecule has 29 heavy (non-hydrogen) atoms. The number of thioether (sulfide) groups is 1. The van der Waals surface area contributed by atoms with Crippen LogP contribution < -0.4 is 0 Å². The summed E-state index contributed by atoms with van der Waals surface area (Å²) in [5.74, 6) is 1.44. The molecular weight excluding hydrogens is 406 g/mol. The molecule has 0 spiro atoms. The van der Waals surface area contributed by atoms with Crippen LogP contribution in [-0.4, -0.2) is 52.9 Å². The molecule has 2 heterocycles. The Balaban J connectivity index is 2.04. The predicted molar refractivity (Wildman–Crippen MR) is 117 cm³/mol. The number of sulfonamides is 1. The number of aromatic nitrogens is 4. The Hall–Kier alpha value is -2.49. The smallest absolute Gasteiger partial charge is 0.207 e. The Morgan fingerprint density at radius 2 is 1.79 bits per heavy atom. The highest BCUT2D eigenvalue weighted by Crippen LogP contribution is 2.32. The molecule has 0 atom stereocenters. The highest BCUT2D eigenvalue weighted by Gasteiger charge is 2.22. The van der Waals surface area contributed by atoms with E-state index in [-0.39, 0.29) is 4.90 Å². The third kappa shape index (κ3) is 3.29. The van der Waals surface area contributed by atoms with Gasteiger partial charge in [-0.3, -0.25) is 0 Å². The van der Waals surface area contributed by atoms with E-state index in [2.05, 4.69) is 10.2 Å². The Labute approximate surface area is 173 Å². The van der Waals surface area contributed by atoms with Crippen LogP contribution in [0.15, 0.2) is 47.4 Å². The molecule has 4 aromatic rings. The van der Waals surface area contributed by atoms with Crippen molar-refractivity contribution in [1.82, 2.24) is 24.1 Å². The van der Waals surface area contributed by atoms with E-state index in [1.165, 1.54) is 18.4 Å². The molecule has 0 aliphatic carbocycles. The molecule has 0 aliphatic heterocycles.